The predicted octanol–water partition coefficient (Wildman–Crippen LogP) is 3.88. The van der Waals surface area contributed by atoms with Crippen LogP contribution in [0.2, 0.25) is 0 Å². The highest BCUT2D eigenvalue weighted by atomic mass is 79.9. The maximum Gasteiger partial charge on any atom is 0.242 e. The molecule has 0 spiro atoms. The zero-order chi connectivity index (χ0) is 14.6. The number of rotatable bonds is 5. The van der Waals surface area contributed by atoms with Gasteiger partial charge in [-0.05, 0) is 36.8 Å². The first kappa shape index (κ1) is 14.9. The number of anilines is 1. The van der Waals surface area contributed by atoms with Crippen molar-refractivity contribution in [2.75, 3.05) is 9.38 Å². The van der Waals surface area contributed by atoms with Crippen molar-refractivity contribution in [1.82, 2.24) is 0 Å². The molecule has 106 valence electrons. The summed E-state index contributed by atoms with van der Waals surface area (Å²) < 4.78 is 31.3. The van der Waals surface area contributed by atoms with Gasteiger partial charge in [0, 0.05) is 0 Å². The summed E-state index contributed by atoms with van der Waals surface area (Å²) in [5.74, 6) is 1.12. The van der Waals surface area contributed by atoms with Gasteiger partial charge in [-0.1, -0.05) is 40.2 Å². The molecule has 0 fully saturated rings. The molecule has 0 aliphatic carbocycles. The molecule has 0 heterocycles. The van der Waals surface area contributed by atoms with Gasteiger partial charge in [-0.25, -0.2) is 8.42 Å². The second-order valence-electron chi connectivity index (χ2n) is 4.24. The average Bonchev–Trinajstić information content (AvgIpc) is 2.41. The molecular formula is C14H14BrNO3S. The quantitative estimate of drug-likeness (QED) is 0.828. The zero-order valence-electron chi connectivity index (χ0n) is 10.8. The zero-order valence-corrected chi connectivity index (χ0v) is 13.2. The van der Waals surface area contributed by atoms with Crippen LogP contribution in [0.5, 0.6) is 11.5 Å². The highest BCUT2D eigenvalue weighted by Crippen LogP contribution is 2.30. The molecule has 0 saturated carbocycles. The minimum atomic E-state index is -3.41. The van der Waals surface area contributed by atoms with Crippen molar-refractivity contribution in [1.29, 1.82) is 0 Å². The predicted molar refractivity (Wildman–Crippen MR) is 84.0 cm³/mol. The molecule has 2 rings (SSSR count). The number of hydrogen-bond donors (Lipinski definition) is 1. The molecule has 6 heteroatoms. The molecule has 1 N–H and O–H groups in total. The average molecular weight is 356 g/mol. The molecule has 0 unspecified atom stereocenters. The summed E-state index contributed by atoms with van der Waals surface area (Å²) in [6.07, 6.45) is 0. The van der Waals surface area contributed by atoms with E-state index in [1.54, 1.807) is 24.3 Å². The number of nitrogens with one attached hydrogen (secondary N) is 1. The van der Waals surface area contributed by atoms with Gasteiger partial charge >= 0.3 is 0 Å². The minimum absolute atomic E-state index is 0.168. The van der Waals surface area contributed by atoms with E-state index in [1.165, 1.54) is 0 Å². The largest absolute Gasteiger partial charge is 0.455 e. The van der Waals surface area contributed by atoms with Crippen LogP contribution in [-0.4, -0.2) is 13.1 Å². The van der Waals surface area contributed by atoms with Crippen LogP contribution in [0.4, 0.5) is 5.69 Å². The number of benzene rings is 2. The fraction of sp³-hybridized carbons (Fsp3) is 0.143. The third-order valence-corrected chi connectivity index (χ3v) is 5.14. The second-order valence-corrected chi connectivity index (χ2v) is 7.27. The van der Waals surface area contributed by atoms with Crippen molar-refractivity contribution >= 4 is 31.6 Å². The Kier molecular flexibility index (Phi) is 4.67. The molecule has 0 radical (unpaired) electrons. The van der Waals surface area contributed by atoms with Crippen molar-refractivity contribution in [2.45, 2.75) is 6.92 Å². The van der Waals surface area contributed by atoms with E-state index < -0.39 is 10.0 Å². The third kappa shape index (κ3) is 3.98. The van der Waals surface area contributed by atoms with E-state index in [0.717, 1.165) is 5.56 Å². The molecule has 0 aliphatic heterocycles. The number of hydrogen-bond acceptors (Lipinski definition) is 3. The number of para-hydroxylation sites is 2. The van der Waals surface area contributed by atoms with E-state index in [-0.39, 0.29) is 4.66 Å². The maximum atomic E-state index is 11.6. The van der Waals surface area contributed by atoms with Gasteiger partial charge in [0.1, 0.15) is 10.4 Å². The third-order valence-electron chi connectivity index (χ3n) is 2.51. The monoisotopic (exact) mass is 355 g/mol. The lowest BCUT2D eigenvalue weighted by Crippen LogP contribution is -2.13. The highest BCUT2D eigenvalue weighted by Gasteiger charge is 2.12. The van der Waals surface area contributed by atoms with Crippen LogP contribution in [0.1, 0.15) is 5.56 Å². The van der Waals surface area contributed by atoms with Gasteiger partial charge in [-0.15, -0.1) is 0 Å². The van der Waals surface area contributed by atoms with Crippen molar-refractivity contribution in [3.05, 3.63) is 54.1 Å². The van der Waals surface area contributed by atoms with E-state index in [9.17, 15) is 8.42 Å². The molecule has 0 bridgehead atoms. The second kappa shape index (κ2) is 6.28. The molecule has 0 amide bonds. The Morgan fingerprint density at radius 3 is 2.60 bits per heavy atom. The first-order valence-corrected chi connectivity index (χ1v) is 8.67. The van der Waals surface area contributed by atoms with Crippen LogP contribution in [0, 0.1) is 6.92 Å². The molecular weight excluding hydrogens is 342 g/mol. The Labute approximate surface area is 127 Å². The van der Waals surface area contributed by atoms with Crippen LogP contribution < -0.4 is 9.46 Å². The van der Waals surface area contributed by atoms with E-state index in [2.05, 4.69) is 20.7 Å². The summed E-state index contributed by atoms with van der Waals surface area (Å²) in [7, 11) is -3.41. The van der Waals surface area contributed by atoms with Crippen molar-refractivity contribution in [3.8, 4) is 11.5 Å². The van der Waals surface area contributed by atoms with Crippen molar-refractivity contribution in [3.63, 3.8) is 0 Å². The Morgan fingerprint density at radius 1 is 1.15 bits per heavy atom. The molecule has 2 aromatic rings. The lowest BCUT2D eigenvalue weighted by molar-refractivity contribution is 0.484. The van der Waals surface area contributed by atoms with Crippen molar-refractivity contribution in [2.24, 2.45) is 0 Å². The standard InChI is InChI=1S/C14H14BrNO3S/c1-11-5-4-6-12(9-11)19-14-8-3-2-7-13(14)16-20(17,18)10-15/h2-9,16H,10H2,1H3. The van der Waals surface area contributed by atoms with E-state index in [1.807, 2.05) is 31.2 Å². The first-order valence-electron chi connectivity index (χ1n) is 5.90. The van der Waals surface area contributed by atoms with Gasteiger partial charge in [0.2, 0.25) is 10.0 Å². The first-order chi connectivity index (χ1) is 9.50. The van der Waals surface area contributed by atoms with Crippen LogP contribution in [0.3, 0.4) is 0 Å². The lowest BCUT2D eigenvalue weighted by Gasteiger charge is -2.12. The highest BCUT2D eigenvalue weighted by molar-refractivity contribution is 9.10. The fourth-order valence-electron chi connectivity index (χ4n) is 1.64. The Bertz CT molecular complexity index is 701. The smallest absolute Gasteiger partial charge is 0.242 e. The number of ether oxygens (including phenoxy) is 1. The van der Waals surface area contributed by atoms with Crippen LogP contribution in [0.25, 0.3) is 0 Å². The molecule has 2 aromatic carbocycles. The fourth-order valence-corrected chi connectivity index (χ4v) is 2.54. The maximum absolute atomic E-state index is 11.6. The van der Waals surface area contributed by atoms with E-state index in [0.29, 0.717) is 17.2 Å². The van der Waals surface area contributed by atoms with E-state index >= 15 is 0 Å². The molecule has 0 atom stereocenters. The van der Waals surface area contributed by atoms with E-state index in [4.69, 9.17) is 4.74 Å². The molecule has 0 saturated heterocycles. The molecule has 0 aromatic heterocycles. The minimum Gasteiger partial charge on any atom is -0.455 e. The van der Waals surface area contributed by atoms with Gasteiger partial charge in [0.25, 0.3) is 0 Å². The number of aryl methyl sites for hydroxylation is 1. The van der Waals surface area contributed by atoms with Crippen LogP contribution in [-0.2, 0) is 10.0 Å². The number of halogens is 1. The summed E-state index contributed by atoms with van der Waals surface area (Å²) in [5.41, 5.74) is 1.48. The summed E-state index contributed by atoms with van der Waals surface area (Å²) >= 11 is 2.94. The lowest BCUT2D eigenvalue weighted by atomic mass is 10.2. The van der Waals surface area contributed by atoms with Gasteiger partial charge in [0.05, 0.1) is 5.69 Å². The Balaban J connectivity index is 2.29. The summed E-state index contributed by atoms with van der Waals surface area (Å²) in [6, 6.07) is 14.5. The van der Waals surface area contributed by atoms with Gasteiger partial charge < -0.3 is 4.74 Å². The van der Waals surface area contributed by atoms with Gasteiger partial charge in [-0.3, -0.25) is 4.72 Å². The molecule has 4 nitrogen and oxygen atoms in total. The Morgan fingerprint density at radius 2 is 1.90 bits per heavy atom. The molecule has 20 heavy (non-hydrogen) atoms. The van der Waals surface area contributed by atoms with Gasteiger partial charge in [0.15, 0.2) is 5.75 Å². The summed E-state index contributed by atoms with van der Waals surface area (Å²) in [4.78, 5) is 0. The van der Waals surface area contributed by atoms with Gasteiger partial charge in [-0.2, -0.15) is 0 Å². The van der Waals surface area contributed by atoms with Crippen LogP contribution in [0.15, 0.2) is 48.5 Å². The van der Waals surface area contributed by atoms with Crippen LogP contribution >= 0.6 is 15.9 Å². The SMILES string of the molecule is Cc1cccc(Oc2ccccc2NS(=O)(=O)CBr)c1. The molecule has 0 aliphatic rings. The number of alkyl halides is 1. The number of sulfonamides is 1. The Hall–Kier alpha value is -1.53. The van der Waals surface area contributed by atoms with Crippen molar-refractivity contribution < 1.29 is 13.2 Å². The summed E-state index contributed by atoms with van der Waals surface area (Å²) in [5, 5.41) is 0. The summed E-state index contributed by atoms with van der Waals surface area (Å²) in [6.45, 7) is 1.96. The topological polar surface area (TPSA) is 55.4 Å². The normalized spacial score (nSPS) is 11.1.